The van der Waals surface area contributed by atoms with E-state index in [9.17, 15) is 22.8 Å². The van der Waals surface area contributed by atoms with Gasteiger partial charge in [0, 0.05) is 62.8 Å². The zero-order valence-corrected chi connectivity index (χ0v) is 26.3. The molecule has 0 bridgehead atoms. The fourth-order valence-electron chi connectivity index (χ4n) is 5.92. The number of hydrogen-bond donors (Lipinski definition) is 0. The Labute approximate surface area is 277 Å². The van der Waals surface area contributed by atoms with Crippen molar-refractivity contribution >= 4 is 17.9 Å². The molecule has 6 rings (SSSR count). The van der Waals surface area contributed by atoms with Crippen LogP contribution >= 0.6 is 0 Å². The Morgan fingerprint density at radius 2 is 1.62 bits per heavy atom. The first-order valence-corrected chi connectivity index (χ1v) is 15.6. The second kappa shape index (κ2) is 14.1. The number of aryl methyl sites for hydroxylation is 1. The third kappa shape index (κ3) is 7.54. The van der Waals surface area contributed by atoms with E-state index in [2.05, 4.69) is 16.1 Å². The average Bonchev–Trinajstić information content (AvgIpc) is 3.52. The van der Waals surface area contributed by atoms with Crippen LogP contribution in [-0.2, 0) is 48.7 Å². The van der Waals surface area contributed by atoms with Crippen LogP contribution in [0, 0.1) is 0 Å². The molecule has 10 heteroatoms. The number of rotatable bonds is 9. The molecule has 5 aromatic rings. The summed E-state index contributed by atoms with van der Waals surface area (Å²) in [5.74, 6) is -0.631. The first-order chi connectivity index (χ1) is 23.2. The van der Waals surface area contributed by atoms with Crippen LogP contribution in [-0.4, -0.2) is 49.0 Å². The van der Waals surface area contributed by atoms with Crippen molar-refractivity contribution in [3.8, 4) is 11.3 Å². The third-order valence-electron chi connectivity index (χ3n) is 8.64. The minimum absolute atomic E-state index is 0.122. The van der Waals surface area contributed by atoms with Crippen molar-refractivity contribution in [2.75, 3.05) is 6.54 Å². The second-order valence-corrected chi connectivity index (χ2v) is 11.8. The maximum absolute atomic E-state index is 14.5. The summed E-state index contributed by atoms with van der Waals surface area (Å²) < 4.78 is 41.1. The van der Waals surface area contributed by atoms with Gasteiger partial charge in [-0.2, -0.15) is 18.3 Å². The van der Waals surface area contributed by atoms with Crippen molar-refractivity contribution in [1.29, 1.82) is 0 Å². The van der Waals surface area contributed by atoms with E-state index in [4.69, 9.17) is 0 Å². The largest absolute Gasteiger partial charge is 0.416 e. The average molecular weight is 650 g/mol. The van der Waals surface area contributed by atoms with Gasteiger partial charge in [-0.05, 0) is 65.1 Å². The number of amides is 2. The van der Waals surface area contributed by atoms with Crippen LogP contribution < -0.4 is 0 Å². The normalized spacial score (nSPS) is 13.7. The fourth-order valence-corrected chi connectivity index (χ4v) is 5.92. The summed E-state index contributed by atoms with van der Waals surface area (Å²) in [7, 11) is 1.79. The highest BCUT2D eigenvalue weighted by Gasteiger charge is 2.35. The lowest BCUT2D eigenvalue weighted by Gasteiger charge is -2.36. The van der Waals surface area contributed by atoms with Gasteiger partial charge in [-0.25, -0.2) is 0 Å². The number of fused-ring (bicyclic) bond motifs is 1. The molecule has 1 unspecified atom stereocenters. The lowest BCUT2D eigenvalue weighted by atomic mass is 9.98. The van der Waals surface area contributed by atoms with Gasteiger partial charge in [-0.3, -0.25) is 19.3 Å². The third-order valence-corrected chi connectivity index (χ3v) is 8.64. The van der Waals surface area contributed by atoms with Gasteiger partial charge in [-0.1, -0.05) is 66.7 Å². The van der Waals surface area contributed by atoms with Crippen LogP contribution in [0.25, 0.3) is 17.3 Å². The van der Waals surface area contributed by atoms with Crippen molar-refractivity contribution in [1.82, 2.24) is 24.6 Å². The zero-order valence-electron chi connectivity index (χ0n) is 26.3. The lowest BCUT2D eigenvalue weighted by molar-refractivity contribution is -0.144. The Morgan fingerprint density at radius 3 is 2.29 bits per heavy atom. The summed E-state index contributed by atoms with van der Waals surface area (Å²) in [6.07, 6.45) is 2.63. The molecule has 0 saturated heterocycles. The number of halogens is 3. The van der Waals surface area contributed by atoms with Crippen LogP contribution in [0.1, 0.15) is 33.5 Å². The number of benzene rings is 3. The van der Waals surface area contributed by atoms with Gasteiger partial charge in [0.05, 0.1) is 11.3 Å². The van der Waals surface area contributed by atoms with Crippen molar-refractivity contribution in [3.05, 3.63) is 149 Å². The van der Waals surface area contributed by atoms with E-state index in [1.165, 1.54) is 29.8 Å². The fraction of sp³-hybridized carbons (Fsp3) is 0.211. The molecule has 0 saturated carbocycles. The lowest BCUT2D eigenvalue weighted by Crippen LogP contribution is -2.52. The Hall–Kier alpha value is -5.51. The van der Waals surface area contributed by atoms with Gasteiger partial charge in [0.25, 0.3) is 0 Å². The summed E-state index contributed by atoms with van der Waals surface area (Å²) in [5, 5.41) is 4.29. The molecule has 3 aromatic carbocycles. The van der Waals surface area contributed by atoms with E-state index < -0.39 is 23.7 Å². The molecule has 1 atom stereocenters. The van der Waals surface area contributed by atoms with Crippen LogP contribution in [0.5, 0.6) is 0 Å². The van der Waals surface area contributed by atoms with Crippen LogP contribution in [0.3, 0.4) is 0 Å². The Bertz CT molecular complexity index is 1900. The van der Waals surface area contributed by atoms with Crippen LogP contribution in [0.2, 0.25) is 0 Å². The van der Waals surface area contributed by atoms with Gasteiger partial charge in [0.15, 0.2) is 0 Å². The van der Waals surface area contributed by atoms with Crippen LogP contribution in [0.4, 0.5) is 13.2 Å². The van der Waals surface area contributed by atoms with Crippen molar-refractivity contribution in [2.24, 2.45) is 7.05 Å². The van der Waals surface area contributed by atoms with Crippen molar-refractivity contribution in [2.45, 2.75) is 38.1 Å². The number of alkyl halides is 3. The standard InChI is InChI=1S/C38H34F3N5O2/c1-44-33(19-22-43-44)24-35(37(48)45-23-20-29-6-2-3-7-31(29)26-45)46(25-28-9-14-30(15-10-28)34-8-4-5-21-42-34)36(47)18-13-27-11-16-32(17-12-27)38(39,40)41/h2-19,21-22,35H,20,23-26H2,1H3. The number of hydrogen-bond acceptors (Lipinski definition) is 4. The highest BCUT2D eigenvalue weighted by molar-refractivity contribution is 5.95. The van der Waals surface area contributed by atoms with E-state index in [0.29, 0.717) is 25.1 Å². The summed E-state index contributed by atoms with van der Waals surface area (Å²) in [4.78, 5) is 36.4. The number of aromatic nitrogens is 3. The van der Waals surface area contributed by atoms with Gasteiger partial charge in [0.2, 0.25) is 11.8 Å². The molecule has 0 spiro atoms. The molecule has 2 aromatic heterocycles. The maximum Gasteiger partial charge on any atom is 0.416 e. The first kappa shape index (κ1) is 32.4. The highest BCUT2D eigenvalue weighted by Crippen LogP contribution is 2.29. The molecular weight excluding hydrogens is 615 g/mol. The van der Waals surface area contributed by atoms with Gasteiger partial charge < -0.3 is 9.80 Å². The number of nitrogens with zero attached hydrogens (tertiary/aromatic N) is 5. The number of pyridine rings is 1. The molecule has 1 aliphatic heterocycles. The topological polar surface area (TPSA) is 71.3 Å². The summed E-state index contributed by atoms with van der Waals surface area (Å²) >= 11 is 0. The van der Waals surface area contributed by atoms with E-state index in [0.717, 1.165) is 40.2 Å². The van der Waals surface area contributed by atoms with Crippen LogP contribution in [0.15, 0.2) is 116 Å². The smallest absolute Gasteiger partial charge is 0.336 e. The Balaban J connectivity index is 1.34. The maximum atomic E-state index is 14.5. The predicted octanol–water partition coefficient (Wildman–Crippen LogP) is 6.74. The molecule has 7 nitrogen and oxygen atoms in total. The quantitative estimate of drug-likeness (QED) is 0.166. The SMILES string of the molecule is Cn1nccc1CC(C(=O)N1CCc2ccccc2C1)N(Cc1ccc(-c2ccccn2)cc1)C(=O)C=Cc1ccc(C(F)(F)F)cc1. The Kier molecular flexibility index (Phi) is 9.52. The molecule has 2 amide bonds. The van der Waals surface area contributed by atoms with Gasteiger partial charge in [-0.15, -0.1) is 0 Å². The summed E-state index contributed by atoms with van der Waals surface area (Å²) in [5.41, 5.74) is 5.23. The predicted molar refractivity (Wildman–Crippen MR) is 177 cm³/mol. The summed E-state index contributed by atoms with van der Waals surface area (Å²) in [6.45, 7) is 1.07. The molecule has 0 N–H and O–H groups in total. The molecule has 1 aliphatic rings. The second-order valence-electron chi connectivity index (χ2n) is 11.8. The molecule has 0 fully saturated rings. The molecule has 48 heavy (non-hydrogen) atoms. The highest BCUT2D eigenvalue weighted by atomic mass is 19.4. The summed E-state index contributed by atoms with van der Waals surface area (Å²) in [6, 6.07) is 26.9. The van der Waals surface area contributed by atoms with E-state index in [1.807, 2.05) is 66.7 Å². The molecule has 0 aliphatic carbocycles. The Morgan fingerprint density at radius 1 is 0.896 bits per heavy atom. The van der Waals surface area contributed by atoms with E-state index >= 15 is 0 Å². The zero-order chi connectivity index (χ0) is 33.7. The molecule has 244 valence electrons. The van der Waals surface area contributed by atoms with E-state index in [-0.39, 0.29) is 18.9 Å². The molecular formula is C38H34F3N5O2. The number of carbonyl (C=O) groups is 2. The van der Waals surface area contributed by atoms with Gasteiger partial charge in [0.1, 0.15) is 6.04 Å². The van der Waals surface area contributed by atoms with Gasteiger partial charge >= 0.3 is 6.18 Å². The van der Waals surface area contributed by atoms with E-state index in [1.54, 1.807) is 33.9 Å². The monoisotopic (exact) mass is 649 g/mol. The minimum Gasteiger partial charge on any atom is -0.336 e. The molecule has 0 radical (unpaired) electrons. The first-order valence-electron chi connectivity index (χ1n) is 15.6. The number of carbonyl (C=O) groups excluding carboxylic acids is 2. The van der Waals surface area contributed by atoms with Crippen molar-refractivity contribution in [3.63, 3.8) is 0 Å². The minimum atomic E-state index is -4.46. The van der Waals surface area contributed by atoms with Crippen molar-refractivity contribution < 1.29 is 22.8 Å². The molecule has 3 heterocycles.